The van der Waals surface area contributed by atoms with Crippen LogP contribution >= 0.6 is 0 Å². The van der Waals surface area contributed by atoms with Crippen LogP contribution in [0, 0.1) is 17.6 Å². The molecule has 1 aliphatic carbocycles. The number of rotatable bonds is 1. The van der Waals surface area contributed by atoms with Gasteiger partial charge in [0.1, 0.15) is 11.6 Å². The van der Waals surface area contributed by atoms with Crippen LogP contribution < -0.4 is 0 Å². The van der Waals surface area contributed by atoms with E-state index in [4.69, 9.17) is 5.11 Å². The predicted molar refractivity (Wildman–Crippen MR) is 55.5 cm³/mol. The largest absolute Gasteiger partial charge is 0.465 e. The van der Waals surface area contributed by atoms with Gasteiger partial charge in [0.05, 0.1) is 5.54 Å². The van der Waals surface area contributed by atoms with Crippen LogP contribution in [0.1, 0.15) is 18.4 Å². The molecule has 2 fully saturated rings. The number of piperidine rings is 1. The summed E-state index contributed by atoms with van der Waals surface area (Å²) in [6.07, 6.45) is 0.260. The van der Waals surface area contributed by atoms with Crippen LogP contribution in [-0.4, -0.2) is 22.6 Å². The first-order valence-corrected chi connectivity index (χ1v) is 5.52. The third kappa shape index (κ3) is 1.28. The molecule has 1 aliphatic heterocycles. The quantitative estimate of drug-likeness (QED) is 0.818. The number of amides is 1. The minimum Gasteiger partial charge on any atom is -0.465 e. The van der Waals surface area contributed by atoms with Crippen molar-refractivity contribution in [3.05, 3.63) is 35.4 Å². The molecular weight excluding hydrogens is 228 g/mol. The average Bonchev–Trinajstić information content (AvgIpc) is 2.88. The Morgan fingerprint density at radius 2 is 2.24 bits per heavy atom. The maximum absolute atomic E-state index is 13.7. The molecule has 1 aromatic carbocycles. The molecule has 0 bridgehead atoms. The van der Waals surface area contributed by atoms with E-state index in [0.717, 1.165) is 24.6 Å². The van der Waals surface area contributed by atoms with Crippen molar-refractivity contribution in [1.82, 2.24) is 4.90 Å². The van der Waals surface area contributed by atoms with Gasteiger partial charge in [-0.05, 0) is 37.0 Å². The van der Waals surface area contributed by atoms with Crippen LogP contribution in [-0.2, 0) is 5.54 Å². The number of benzene rings is 1. The minimum absolute atomic E-state index is 0.134. The number of likely N-dealkylation sites (tertiary alicyclic amines) is 1. The van der Waals surface area contributed by atoms with Crippen LogP contribution in [0.15, 0.2) is 18.2 Å². The molecule has 3 nitrogen and oxygen atoms in total. The number of hydrogen-bond acceptors (Lipinski definition) is 1. The van der Waals surface area contributed by atoms with Crippen molar-refractivity contribution in [2.75, 3.05) is 6.54 Å². The molecule has 17 heavy (non-hydrogen) atoms. The lowest BCUT2D eigenvalue weighted by molar-refractivity contribution is 0.126. The Morgan fingerprint density at radius 3 is 2.88 bits per heavy atom. The van der Waals surface area contributed by atoms with Crippen molar-refractivity contribution >= 4 is 6.09 Å². The summed E-state index contributed by atoms with van der Waals surface area (Å²) in [6, 6.07) is 3.23. The maximum atomic E-state index is 13.7. The maximum Gasteiger partial charge on any atom is 0.408 e. The fourth-order valence-corrected chi connectivity index (χ4v) is 3.04. The molecule has 0 spiro atoms. The molecule has 1 aromatic rings. The molecule has 1 saturated heterocycles. The van der Waals surface area contributed by atoms with Crippen molar-refractivity contribution in [2.24, 2.45) is 5.92 Å². The standard InChI is InChI=1S/C12H11F2NO2/c13-8-1-2-10(14)9(5-8)12-6-7(12)3-4-15(12)11(16)17/h1-2,5,7H,3-4,6H2,(H,16,17)/t7?,12-/m0/s1. The first-order valence-electron chi connectivity index (χ1n) is 5.52. The molecule has 90 valence electrons. The van der Waals surface area contributed by atoms with Crippen LogP contribution in [0.4, 0.5) is 13.6 Å². The van der Waals surface area contributed by atoms with Gasteiger partial charge in [0.25, 0.3) is 0 Å². The van der Waals surface area contributed by atoms with E-state index in [-0.39, 0.29) is 11.5 Å². The highest BCUT2D eigenvalue weighted by molar-refractivity contribution is 5.69. The first kappa shape index (κ1) is 10.5. The minimum atomic E-state index is -1.06. The van der Waals surface area contributed by atoms with Crippen LogP contribution in [0.25, 0.3) is 0 Å². The molecule has 2 atom stereocenters. The Kier molecular flexibility index (Phi) is 1.97. The predicted octanol–water partition coefficient (Wildman–Crippen LogP) is 2.56. The lowest BCUT2D eigenvalue weighted by atomic mass is 10.0. The second kappa shape index (κ2) is 3.18. The van der Waals surface area contributed by atoms with Gasteiger partial charge in [-0.2, -0.15) is 0 Å². The van der Waals surface area contributed by atoms with Crippen molar-refractivity contribution < 1.29 is 18.7 Å². The Bertz CT molecular complexity index is 505. The van der Waals surface area contributed by atoms with E-state index in [2.05, 4.69) is 0 Å². The van der Waals surface area contributed by atoms with Gasteiger partial charge in [-0.3, -0.25) is 4.90 Å². The normalized spacial score (nSPS) is 30.2. The van der Waals surface area contributed by atoms with Gasteiger partial charge in [-0.1, -0.05) is 0 Å². The Labute approximate surface area is 96.7 Å². The Balaban J connectivity index is 2.09. The summed E-state index contributed by atoms with van der Waals surface area (Å²) < 4.78 is 26.9. The zero-order valence-electron chi connectivity index (χ0n) is 8.99. The smallest absolute Gasteiger partial charge is 0.408 e. The SMILES string of the molecule is O=C(O)N1CCC2C[C@@]21c1cc(F)ccc1F. The van der Waals surface area contributed by atoms with E-state index < -0.39 is 23.3 Å². The highest BCUT2D eigenvalue weighted by atomic mass is 19.1. The number of nitrogens with zero attached hydrogens (tertiary/aromatic N) is 1. The van der Waals surface area contributed by atoms with Crippen molar-refractivity contribution in [1.29, 1.82) is 0 Å². The van der Waals surface area contributed by atoms with Crippen molar-refractivity contribution in [3.63, 3.8) is 0 Å². The van der Waals surface area contributed by atoms with E-state index in [1.807, 2.05) is 0 Å². The van der Waals surface area contributed by atoms with E-state index in [9.17, 15) is 13.6 Å². The number of hydrogen-bond donors (Lipinski definition) is 1. The highest BCUT2D eigenvalue weighted by Gasteiger charge is 2.65. The topological polar surface area (TPSA) is 40.5 Å². The molecular formula is C12H11F2NO2. The summed E-state index contributed by atoms with van der Waals surface area (Å²) in [4.78, 5) is 12.4. The molecule has 1 N–H and O–H groups in total. The molecule has 0 aromatic heterocycles. The Hall–Kier alpha value is -1.65. The number of carboxylic acid groups (broad SMARTS) is 1. The van der Waals surface area contributed by atoms with Gasteiger partial charge >= 0.3 is 6.09 Å². The van der Waals surface area contributed by atoms with Crippen LogP contribution in [0.3, 0.4) is 0 Å². The summed E-state index contributed by atoms with van der Waals surface area (Å²) >= 11 is 0. The van der Waals surface area contributed by atoms with E-state index in [1.54, 1.807) is 0 Å². The molecule has 1 saturated carbocycles. The summed E-state index contributed by atoms with van der Waals surface area (Å²) in [5.41, 5.74) is -0.625. The molecule has 1 heterocycles. The van der Waals surface area contributed by atoms with Gasteiger partial charge < -0.3 is 5.11 Å². The van der Waals surface area contributed by atoms with E-state index in [1.165, 1.54) is 4.90 Å². The summed E-state index contributed by atoms with van der Waals surface area (Å²) in [7, 11) is 0. The van der Waals surface area contributed by atoms with Gasteiger partial charge in [0, 0.05) is 12.1 Å². The number of carbonyl (C=O) groups is 1. The van der Waals surface area contributed by atoms with E-state index >= 15 is 0 Å². The summed E-state index contributed by atoms with van der Waals surface area (Å²) in [6.45, 7) is 0.399. The van der Waals surface area contributed by atoms with E-state index in [0.29, 0.717) is 13.0 Å². The molecule has 1 unspecified atom stereocenters. The lowest BCUT2D eigenvalue weighted by Gasteiger charge is -2.26. The lowest BCUT2D eigenvalue weighted by Crippen LogP contribution is -2.37. The monoisotopic (exact) mass is 239 g/mol. The molecule has 0 radical (unpaired) electrons. The number of fused-ring (bicyclic) bond motifs is 1. The molecule has 3 rings (SSSR count). The first-order chi connectivity index (χ1) is 8.05. The fourth-order valence-electron chi connectivity index (χ4n) is 3.04. The van der Waals surface area contributed by atoms with Gasteiger partial charge in [0.15, 0.2) is 0 Å². The zero-order valence-corrected chi connectivity index (χ0v) is 8.99. The molecule has 5 heteroatoms. The second-order valence-electron chi connectivity index (χ2n) is 4.67. The second-order valence-corrected chi connectivity index (χ2v) is 4.67. The van der Waals surface area contributed by atoms with Gasteiger partial charge in [-0.15, -0.1) is 0 Å². The van der Waals surface area contributed by atoms with Crippen LogP contribution in [0.5, 0.6) is 0 Å². The summed E-state index contributed by atoms with van der Waals surface area (Å²) in [5, 5.41) is 9.11. The molecule has 2 aliphatic rings. The average molecular weight is 239 g/mol. The number of halogens is 2. The van der Waals surface area contributed by atoms with Crippen molar-refractivity contribution in [3.8, 4) is 0 Å². The fraction of sp³-hybridized carbons (Fsp3) is 0.417. The van der Waals surface area contributed by atoms with Gasteiger partial charge in [0.2, 0.25) is 0 Å². The molecule has 1 amide bonds. The summed E-state index contributed by atoms with van der Waals surface area (Å²) in [5.74, 6) is -0.921. The highest BCUT2D eigenvalue weighted by Crippen LogP contribution is 2.62. The third-order valence-corrected chi connectivity index (χ3v) is 3.88. The third-order valence-electron chi connectivity index (χ3n) is 3.88. The Morgan fingerprint density at radius 1 is 1.47 bits per heavy atom. The van der Waals surface area contributed by atoms with Crippen LogP contribution in [0.2, 0.25) is 0 Å². The zero-order chi connectivity index (χ0) is 12.2. The van der Waals surface area contributed by atoms with Crippen molar-refractivity contribution in [2.45, 2.75) is 18.4 Å². The van der Waals surface area contributed by atoms with Gasteiger partial charge in [-0.25, -0.2) is 13.6 Å².